The molecule has 0 aromatic carbocycles. The van der Waals surface area contributed by atoms with Crippen molar-refractivity contribution in [2.24, 2.45) is 0 Å². The molecule has 0 saturated carbocycles. The van der Waals surface area contributed by atoms with Gasteiger partial charge in [0.15, 0.2) is 0 Å². The largest absolute Gasteiger partial charge is 0.235 e. The zero-order valence-electron chi connectivity index (χ0n) is 5.94. The molecule has 1 heterocycles. The van der Waals surface area contributed by atoms with Gasteiger partial charge in [0.1, 0.15) is 12.4 Å². The van der Waals surface area contributed by atoms with Gasteiger partial charge in [-0.15, -0.1) is 0 Å². The van der Waals surface area contributed by atoms with E-state index in [2.05, 4.69) is 10.1 Å². The fourth-order valence-corrected chi connectivity index (χ4v) is 0.708. The lowest BCUT2D eigenvalue weighted by molar-refractivity contribution is 0.525. The summed E-state index contributed by atoms with van der Waals surface area (Å²) in [4.78, 5) is 3.75. The Labute approximate surface area is 59.1 Å². The minimum absolute atomic E-state index is 0.206. The van der Waals surface area contributed by atoms with Crippen molar-refractivity contribution in [3.63, 3.8) is 0 Å². The molecule has 0 aliphatic rings. The third-order valence-electron chi connectivity index (χ3n) is 1.16. The zero-order valence-corrected chi connectivity index (χ0v) is 5.94. The smallest absolute Gasteiger partial charge is 0.230 e. The van der Waals surface area contributed by atoms with E-state index in [9.17, 15) is 0 Å². The topological polar surface area (TPSA) is 54.5 Å². The van der Waals surface area contributed by atoms with E-state index in [-0.39, 0.29) is 6.04 Å². The molecule has 52 valence electrons. The Bertz CT molecular complexity index is 255. The van der Waals surface area contributed by atoms with Crippen LogP contribution in [-0.4, -0.2) is 14.8 Å². The number of nitriles is 1. The molecule has 0 fully saturated rings. The highest BCUT2D eigenvalue weighted by atomic mass is 15.3. The first kappa shape index (κ1) is 6.75. The number of hydrogen-bond donors (Lipinski definition) is 0. The molecule has 1 aromatic rings. The second-order valence-corrected chi connectivity index (χ2v) is 2.23. The maximum atomic E-state index is 8.48. The first-order valence-electron chi connectivity index (χ1n) is 3.05. The standard InChI is InChI=1S/C6H8N4/c1-5(2)10-6(3-7)8-4-9-10/h4-5H,1-2H3. The monoisotopic (exact) mass is 136 g/mol. The summed E-state index contributed by atoms with van der Waals surface area (Å²) in [5, 5.41) is 12.4. The van der Waals surface area contributed by atoms with Crippen molar-refractivity contribution in [3.05, 3.63) is 12.2 Å². The highest BCUT2D eigenvalue weighted by molar-refractivity contribution is 5.08. The van der Waals surface area contributed by atoms with Crippen LogP contribution in [0.5, 0.6) is 0 Å². The van der Waals surface area contributed by atoms with Crippen molar-refractivity contribution in [2.75, 3.05) is 0 Å². The van der Waals surface area contributed by atoms with Crippen molar-refractivity contribution in [1.29, 1.82) is 5.26 Å². The predicted molar refractivity (Wildman–Crippen MR) is 35.1 cm³/mol. The van der Waals surface area contributed by atoms with Gasteiger partial charge in [-0.1, -0.05) is 0 Å². The van der Waals surface area contributed by atoms with E-state index in [1.807, 2.05) is 19.9 Å². The van der Waals surface area contributed by atoms with Crippen molar-refractivity contribution in [3.8, 4) is 6.07 Å². The zero-order chi connectivity index (χ0) is 7.56. The summed E-state index contributed by atoms with van der Waals surface area (Å²) in [5.74, 6) is 0.370. The molecule has 0 amide bonds. The lowest BCUT2D eigenvalue weighted by atomic mass is 10.4. The van der Waals surface area contributed by atoms with Gasteiger partial charge in [0.05, 0.1) is 0 Å². The minimum atomic E-state index is 0.206. The fraction of sp³-hybridized carbons (Fsp3) is 0.500. The van der Waals surface area contributed by atoms with Gasteiger partial charge in [-0.25, -0.2) is 9.67 Å². The fourth-order valence-electron chi connectivity index (χ4n) is 0.708. The molecule has 0 unspecified atom stereocenters. The van der Waals surface area contributed by atoms with Gasteiger partial charge < -0.3 is 0 Å². The maximum Gasteiger partial charge on any atom is 0.230 e. The van der Waals surface area contributed by atoms with Gasteiger partial charge in [-0.3, -0.25) is 0 Å². The molecule has 0 N–H and O–H groups in total. The van der Waals surface area contributed by atoms with Crippen molar-refractivity contribution >= 4 is 0 Å². The van der Waals surface area contributed by atoms with E-state index >= 15 is 0 Å². The van der Waals surface area contributed by atoms with Crippen LogP contribution in [0, 0.1) is 11.3 Å². The molecule has 4 nitrogen and oxygen atoms in total. The number of nitrogens with zero attached hydrogens (tertiary/aromatic N) is 4. The van der Waals surface area contributed by atoms with E-state index in [0.29, 0.717) is 5.82 Å². The normalized spacial score (nSPS) is 9.80. The summed E-state index contributed by atoms with van der Waals surface area (Å²) >= 11 is 0. The molecule has 4 heteroatoms. The van der Waals surface area contributed by atoms with Crippen LogP contribution in [0.25, 0.3) is 0 Å². The lowest BCUT2D eigenvalue weighted by Crippen LogP contribution is -2.05. The summed E-state index contributed by atoms with van der Waals surface area (Å²) in [6.45, 7) is 3.91. The van der Waals surface area contributed by atoms with Crippen LogP contribution in [0.3, 0.4) is 0 Å². The second-order valence-electron chi connectivity index (χ2n) is 2.23. The van der Waals surface area contributed by atoms with Crippen LogP contribution < -0.4 is 0 Å². The van der Waals surface area contributed by atoms with Gasteiger partial charge >= 0.3 is 0 Å². The quantitative estimate of drug-likeness (QED) is 0.571. The molecule has 0 bridgehead atoms. The molecule has 10 heavy (non-hydrogen) atoms. The molecule has 0 atom stereocenters. The van der Waals surface area contributed by atoms with Gasteiger partial charge in [0.25, 0.3) is 0 Å². The summed E-state index contributed by atoms with van der Waals surface area (Å²) < 4.78 is 1.58. The van der Waals surface area contributed by atoms with Crippen LogP contribution in [0.15, 0.2) is 6.33 Å². The Morgan fingerprint density at radius 3 is 2.80 bits per heavy atom. The van der Waals surface area contributed by atoms with Gasteiger partial charge in [0.2, 0.25) is 5.82 Å². The van der Waals surface area contributed by atoms with E-state index in [1.54, 1.807) is 4.68 Å². The van der Waals surface area contributed by atoms with E-state index in [4.69, 9.17) is 5.26 Å². The molecule has 0 aliphatic carbocycles. The third kappa shape index (κ3) is 0.982. The minimum Gasteiger partial charge on any atom is -0.235 e. The van der Waals surface area contributed by atoms with Crippen molar-refractivity contribution in [2.45, 2.75) is 19.9 Å². The Hall–Kier alpha value is -1.37. The van der Waals surface area contributed by atoms with Crippen LogP contribution in [0.2, 0.25) is 0 Å². The first-order valence-corrected chi connectivity index (χ1v) is 3.05. The predicted octanol–water partition coefficient (Wildman–Crippen LogP) is 0.731. The molecule has 0 aliphatic heterocycles. The summed E-state index contributed by atoms with van der Waals surface area (Å²) in [7, 11) is 0. The molecule has 0 saturated heterocycles. The van der Waals surface area contributed by atoms with E-state index < -0.39 is 0 Å². The van der Waals surface area contributed by atoms with Crippen molar-refractivity contribution < 1.29 is 0 Å². The Morgan fingerprint density at radius 2 is 2.40 bits per heavy atom. The molecule has 1 aromatic heterocycles. The van der Waals surface area contributed by atoms with Crippen LogP contribution in [0.4, 0.5) is 0 Å². The van der Waals surface area contributed by atoms with Crippen LogP contribution in [0.1, 0.15) is 25.7 Å². The van der Waals surface area contributed by atoms with Crippen LogP contribution in [-0.2, 0) is 0 Å². The molecule has 0 spiro atoms. The molecular formula is C6H8N4. The van der Waals surface area contributed by atoms with Crippen molar-refractivity contribution in [1.82, 2.24) is 14.8 Å². The summed E-state index contributed by atoms with van der Waals surface area (Å²) in [6, 6.07) is 2.15. The SMILES string of the molecule is CC(C)n1ncnc1C#N. The number of rotatable bonds is 1. The highest BCUT2D eigenvalue weighted by Crippen LogP contribution is 2.02. The van der Waals surface area contributed by atoms with E-state index in [1.165, 1.54) is 6.33 Å². The van der Waals surface area contributed by atoms with Gasteiger partial charge in [-0.05, 0) is 13.8 Å². The highest BCUT2D eigenvalue weighted by Gasteiger charge is 2.04. The Balaban J connectivity index is 3.05. The Kier molecular flexibility index (Phi) is 1.67. The summed E-state index contributed by atoms with van der Waals surface area (Å²) in [6.07, 6.45) is 1.39. The molecular weight excluding hydrogens is 128 g/mol. The first-order chi connectivity index (χ1) is 4.75. The van der Waals surface area contributed by atoms with Gasteiger partial charge in [0, 0.05) is 6.04 Å². The van der Waals surface area contributed by atoms with Gasteiger partial charge in [-0.2, -0.15) is 10.4 Å². The summed E-state index contributed by atoms with van der Waals surface area (Å²) in [5.41, 5.74) is 0. The third-order valence-corrected chi connectivity index (χ3v) is 1.16. The number of aromatic nitrogens is 3. The van der Waals surface area contributed by atoms with E-state index in [0.717, 1.165) is 0 Å². The number of hydrogen-bond acceptors (Lipinski definition) is 3. The maximum absolute atomic E-state index is 8.48. The molecule has 1 rings (SSSR count). The van der Waals surface area contributed by atoms with Crippen LogP contribution >= 0.6 is 0 Å². The Morgan fingerprint density at radius 1 is 1.70 bits per heavy atom. The second kappa shape index (κ2) is 2.48. The average molecular weight is 136 g/mol. The molecule has 0 radical (unpaired) electrons. The average Bonchev–Trinajstić information content (AvgIpc) is 2.33. The lowest BCUT2D eigenvalue weighted by Gasteiger charge is -2.02.